The van der Waals surface area contributed by atoms with Gasteiger partial charge in [-0.15, -0.1) is 22.7 Å². The lowest BCUT2D eigenvalue weighted by molar-refractivity contribution is 0.152. The van der Waals surface area contributed by atoms with Gasteiger partial charge >= 0.3 is 0 Å². The summed E-state index contributed by atoms with van der Waals surface area (Å²) in [5, 5.41) is 8.93. The van der Waals surface area contributed by atoms with Gasteiger partial charge < -0.3 is 5.32 Å². The van der Waals surface area contributed by atoms with Gasteiger partial charge in [-0.2, -0.15) is 0 Å². The molecule has 0 aliphatic carbocycles. The van der Waals surface area contributed by atoms with Gasteiger partial charge in [0.1, 0.15) is 5.01 Å². The van der Waals surface area contributed by atoms with Crippen molar-refractivity contribution in [3.63, 3.8) is 0 Å². The van der Waals surface area contributed by atoms with Crippen LogP contribution in [0.2, 0.25) is 0 Å². The van der Waals surface area contributed by atoms with Crippen molar-refractivity contribution in [3.05, 3.63) is 58.7 Å². The normalized spacial score (nSPS) is 19.0. The van der Waals surface area contributed by atoms with Gasteiger partial charge in [-0.05, 0) is 29.1 Å². The van der Waals surface area contributed by atoms with Crippen LogP contribution in [-0.4, -0.2) is 34.5 Å². The molecule has 0 amide bonds. The maximum absolute atomic E-state index is 4.83. The Hall–Kier alpha value is -1.60. The van der Waals surface area contributed by atoms with Gasteiger partial charge in [-0.3, -0.25) is 9.88 Å². The number of rotatable bonds is 4. The Labute approximate surface area is 143 Å². The number of hydrogen-bond donors (Lipinski definition) is 1. The highest BCUT2D eigenvalue weighted by Crippen LogP contribution is 2.29. The molecule has 1 unspecified atom stereocenters. The first-order chi connectivity index (χ1) is 11.4. The molecule has 1 fully saturated rings. The second-order valence-electron chi connectivity index (χ2n) is 5.59. The standard InChI is InChI=1S/C17H18N4S2/c1-2-16(22-9-1)17-20-14(12-23-17)11-21-8-7-19-10-15(21)13-3-5-18-6-4-13/h1-6,9,12,15,19H,7-8,10-11H2. The monoisotopic (exact) mass is 342 g/mol. The van der Waals surface area contributed by atoms with Crippen molar-refractivity contribution in [3.8, 4) is 9.88 Å². The van der Waals surface area contributed by atoms with Crippen molar-refractivity contribution < 1.29 is 0 Å². The molecule has 1 aliphatic rings. The summed E-state index contributed by atoms with van der Waals surface area (Å²) in [4.78, 5) is 12.7. The third-order valence-corrected chi connectivity index (χ3v) is 6.02. The Balaban J connectivity index is 1.52. The van der Waals surface area contributed by atoms with E-state index in [1.54, 1.807) is 22.7 Å². The maximum atomic E-state index is 4.83. The van der Waals surface area contributed by atoms with Crippen molar-refractivity contribution in [1.82, 2.24) is 20.2 Å². The molecule has 0 radical (unpaired) electrons. The third kappa shape index (κ3) is 3.35. The van der Waals surface area contributed by atoms with E-state index in [1.807, 2.05) is 12.4 Å². The van der Waals surface area contributed by atoms with Gasteiger partial charge in [-0.1, -0.05) is 6.07 Å². The molecule has 3 aromatic rings. The van der Waals surface area contributed by atoms with E-state index in [9.17, 15) is 0 Å². The number of pyridine rings is 1. The molecule has 4 rings (SSSR count). The predicted molar refractivity (Wildman–Crippen MR) is 95.7 cm³/mol. The zero-order valence-corrected chi connectivity index (χ0v) is 14.3. The van der Waals surface area contributed by atoms with E-state index in [4.69, 9.17) is 4.98 Å². The van der Waals surface area contributed by atoms with E-state index >= 15 is 0 Å². The lowest BCUT2D eigenvalue weighted by Crippen LogP contribution is -2.45. The van der Waals surface area contributed by atoms with Gasteiger partial charge in [-0.25, -0.2) is 4.98 Å². The molecule has 1 saturated heterocycles. The van der Waals surface area contributed by atoms with Crippen LogP contribution in [0.15, 0.2) is 47.4 Å². The number of thiophene rings is 1. The van der Waals surface area contributed by atoms with E-state index in [0.29, 0.717) is 6.04 Å². The van der Waals surface area contributed by atoms with Crippen molar-refractivity contribution in [2.75, 3.05) is 19.6 Å². The fourth-order valence-electron chi connectivity index (χ4n) is 2.95. The molecule has 0 bridgehead atoms. The number of aromatic nitrogens is 2. The molecule has 1 atom stereocenters. The number of piperazine rings is 1. The molecule has 0 spiro atoms. The quantitative estimate of drug-likeness (QED) is 0.789. The van der Waals surface area contributed by atoms with Crippen LogP contribution in [-0.2, 0) is 6.54 Å². The van der Waals surface area contributed by atoms with Gasteiger partial charge in [0.05, 0.1) is 10.6 Å². The van der Waals surface area contributed by atoms with Gasteiger partial charge in [0.25, 0.3) is 0 Å². The molecule has 23 heavy (non-hydrogen) atoms. The van der Waals surface area contributed by atoms with Crippen LogP contribution >= 0.6 is 22.7 Å². The summed E-state index contributed by atoms with van der Waals surface area (Å²) in [5.74, 6) is 0. The van der Waals surface area contributed by atoms with Gasteiger partial charge in [0, 0.05) is 50.0 Å². The highest BCUT2D eigenvalue weighted by atomic mass is 32.1. The molecule has 0 aromatic carbocycles. The first kappa shape index (κ1) is 15.0. The van der Waals surface area contributed by atoms with Crippen LogP contribution in [0.1, 0.15) is 17.3 Å². The van der Waals surface area contributed by atoms with E-state index in [-0.39, 0.29) is 0 Å². The summed E-state index contributed by atoms with van der Waals surface area (Å²) in [5.41, 5.74) is 2.49. The highest BCUT2D eigenvalue weighted by molar-refractivity contribution is 7.20. The molecular weight excluding hydrogens is 324 g/mol. The van der Waals surface area contributed by atoms with Crippen molar-refractivity contribution in [2.45, 2.75) is 12.6 Å². The van der Waals surface area contributed by atoms with Crippen molar-refractivity contribution >= 4 is 22.7 Å². The Morgan fingerprint density at radius 3 is 2.96 bits per heavy atom. The molecule has 1 aliphatic heterocycles. The fourth-order valence-corrected chi connectivity index (χ4v) is 4.58. The average molecular weight is 342 g/mol. The molecule has 3 aromatic heterocycles. The van der Waals surface area contributed by atoms with Gasteiger partial charge in [0.15, 0.2) is 0 Å². The minimum absolute atomic E-state index is 0.388. The molecule has 118 valence electrons. The Morgan fingerprint density at radius 1 is 1.22 bits per heavy atom. The summed E-state index contributed by atoms with van der Waals surface area (Å²) in [6.07, 6.45) is 3.75. The largest absolute Gasteiger partial charge is 0.314 e. The topological polar surface area (TPSA) is 41.1 Å². The first-order valence-electron chi connectivity index (χ1n) is 7.73. The highest BCUT2D eigenvalue weighted by Gasteiger charge is 2.24. The lowest BCUT2D eigenvalue weighted by atomic mass is 10.0. The SMILES string of the molecule is c1csc(-c2nc(CN3CCNCC3c3ccncc3)cs2)c1. The number of hydrogen-bond acceptors (Lipinski definition) is 6. The van der Waals surface area contributed by atoms with Crippen molar-refractivity contribution in [2.24, 2.45) is 0 Å². The van der Waals surface area contributed by atoms with E-state index in [1.165, 1.54) is 16.1 Å². The number of nitrogens with zero attached hydrogens (tertiary/aromatic N) is 3. The van der Waals surface area contributed by atoms with Crippen molar-refractivity contribution in [1.29, 1.82) is 0 Å². The molecule has 4 nitrogen and oxygen atoms in total. The lowest BCUT2D eigenvalue weighted by Gasteiger charge is -2.36. The minimum Gasteiger partial charge on any atom is -0.314 e. The maximum Gasteiger partial charge on any atom is 0.133 e. The van der Waals surface area contributed by atoms with Crippen LogP contribution < -0.4 is 5.32 Å². The molecule has 4 heterocycles. The van der Waals surface area contributed by atoms with Crippen LogP contribution in [0.5, 0.6) is 0 Å². The zero-order chi connectivity index (χ0) is 15.5. The van der Waals surface area contributed by atoms with E-state index < -0.39 is 0 Å². The Kier molecular flexibility index (Phi) is 4.48. The Morgan fingerprint density at radius 2 is 2.13 bits per heavy atom. The minimum atomic E-state index is 0.388. The zero-order valence-electron chi connectivity index (χ0n) is 12.7. The third-order valence-electron chi connectivity index (χ3n) is 4.09. The molecule has 1 N–H and O–H groups in total. The Bertz CT molecular complexity index is 739. The van der Waals surface area contributed by atoms with Crippen LogP contribution in [0.3, 0.4) is 0 Å². The molecule has 6 heteroatoms. The fraction of sp³-hybridized carbons (Fsp3) is 0.294. The summed E-state index contributed by atoms with van der Waals surface area (Å²) in [6.45, 7) is 3.95. The smallest absolute Gasteiger partial charge is 0.133 e. The van der Waals surface area contributed by atoms with E-state index in [2.05, 4.69) is 50.2 Å². The van der Waals surface area contributed by atoms with Crippen LogP contribution in [0.25, 0.3) is 9.88 Å². The summed E-state index contributed by atoms with van der Waals surface area (Å²) < 4.78 is 0. The second kappa shape index (κ2) is 6.88. The van der Waals surface area contributed by atoms with Crippen LogP contribution in [0, 0.1) is 0 Å². The number of nitrogens with one attached hydrogen (secondary N) is 1. The van der Waals surface area contributed by atoms with E-state index in [0.717, 1.165) is 31.2 Å². The second-order valence-corrected chi connectivity index (χ2v) is 7.40. The van der Waals surface area contributed by atoms with Crippen LogP contribution in [0.4, 0.5) is 0 Å². The molecule has 0 saturated carbocycles. The number of thiazole rings is 1. The first-order valence-corrected chi connectivity index (χ1v) is 9.49. The molecular formula is C17H18N4S2. The summed E-state index contributed by atoms with van der Waals surface area (Å²) in [7, 11) is 0. The predicted octanol–water partition coefficient (Wildman–Crippen LogP) is 3.41. The average Bonchev–Trinajstić information content (AvgIpc) is 3.27. The van der Waals surface area contributed by atoms with Gasteiger partial charge in [0.2, 0.25) is 0 Å². The summed E-state index contributed by atoms with van der Waals surface area (Å²) >= 11 is 3.49. The summed E-state index contributed by atoms with van der Waals surface area (Å²) in [6, 6.07) is 8.83.